The first-order chi connectivity index (χ1) is 14.7. The summed E-state index contributed by atoms with van der Waals surface area (Å²) in [5, 5.41) is 2.92. The minimum Gasteiger partial charge on any atom is -0.495 e. The standard InChI is InChI=1S/C22H33N3O5S/c1-15(2)23-21(26)16-10-12-25(13-11-16)22(27)17-8-9-19(30-3)20(14-17)31(28,29)24-18-6-4-5-7-18/h8-9,14-16,18,24H,4-7,10-13H2,1-3H3,(H,23,26). The Balaban J connectivity index is 1.72. The van der Waals surface area contributed by atoms with Gasteiger partial charge in [-0.3, -0.25) is 9.59 Å². The Labute approximate surface area is 184 Å². The van der Waals surface area contributed by atoms with E-state index in [1.807, 2.05) is 13.8 Å². The fraction of sp³-hybridized carbons (Fsp3) is 0.636. The summed E-state index contributed by atoms with van der Waals surface area (Å²) >= 11 is 0. The van der Waals surface area contributed by atoms with Crippen molar-refractivity contribution in [2.24, 2.45) is 5.92 Å². The highest BCUT2D eigenvalue weighted by Crippen LogP contribution is 2.28. The first kappa shape index (κ1) is 23.5. The van der Waals surface area contributed by atoms with Crippen LogP contribution in [-0.2, 0) is 14.8 Å². The van der Waals surface area contributed by atoms with Gasteiger partial charge in [0.15, 0.2) is 0 Å². The molecule has 9 heteroatoms. The molecule has 8 nitrogen and oxygen atoms in total. The average Bonchev–Trinajstić information content (AvgIpc) is 3.24. The van der Waals surface area contributed by atoms with Gasteiger partial charge in [0.25, 0.3) is 5.91 Å². The maximum atomic E-state index is 13.0. The number of hydrogen-bond acceptors (Lipinski definition) is 5. The largest absolute Gasteiger partial charge is 0.495 e. The molecule has 0 atom stereocenters. The van der Waals surface area contributed by atoms with Crippen molar-refractivity contribution < 1.29 is 22.7 Å². The molecule has 1 saturated carbocycles. The zero-order chi connectivity index (χ0) is 22.6. The highest BCUT2D eigenvalue weighted by Gasteiger charge is 2.30. The number of carbonyl (C=O) groups is 2. The quantitative estimate of drug-likeness (QED) is 0.662. The van der Waals surface area contributed by atoms with Crippen molar-refractivity contribution in [3.05, 3.63) is 23.8 Å². The molecule has 1 heterocycles. The van der Waals surface area contributed by atoms with Crippen LogP contribution >= 0.6 is 0 Å². The number of piperidine rings is 1. The molecule has 0 aromatic heterocycles. The molecular formula is C22H33N3O5S. The Bertz CT molecular complexity index is 902. The molecule has 1 aliphatic carbocycles. The summed E-state index contributed by atoms with van der Waals surface area (Å²) in [5.74, 6) is -0.0967. The third-order valence-corrected chi connectivity index (χ3v) is 7.50. The van der Waals surface area contributed by atoms with Gasteiger partial charge in [-0.05, 0) is 57.7 Å². The predicted octanol–water partition coefficient (Wildman–Crippen LogP) is 2.29. The van der Waals surface area contributed by atoms with Crippen LogP contribution in [0.15, 0.2) is 23.1 Å². The lowest BCUT2D eigenvalue weighted by Gasteiger charge is -2.32. The molecule has 0 bridgehead atoms. The first-order valence-corrected chi connectivity index (χ1v) is 12.5. The van der Waals surface area contributed by atoms with Gasteiger partial charge >= 0.3 is 0 Å². The van der Waals surface area contributed by atoms with Gasteiger partial charge in [0.1, 0.15) is 10.6 Å². The first-order valence-electron chi connectivity index (χ1n) is 11.0. The third kappa shape index (κ3) is 5.77. The summed E-state index contributed by atoms with van der Waals surface area (Å²) in [6, 6.07) is 4.53. The number of carbonyl (C=O) groups excluding carboxylic acids is 2. The van der Waals surface area contributed by atoms with Crippen molar-refractivity contribution in [1.82, 2.24) is 14.9 Å². The molecular weight excluding hydrogens is 418 g/mol. The van der Waals surface area contributed by atoms with Gasteiger partial charge < -0.3 is 15.0 Å². The Morgan fingerprint density at radius 3 is 2.32 bits per heavy atom. The number of nitrogens with zero attached hydrogens (tertiary/aromatic N) is 1. The second kappa shape index (κ2) is 9.99. The van der Waals surface area contributed by atoms with Crippen LogP contribution in [0.1, 0.15) is 62.7 Å². The molecule has 3 rings (SSSR count). The Kier molecular flexibility index (Phi) is 7.59. The van der Waals surface area contributed by atoms with E-state index in [0.29, 0.717) is 31.5 Å². The van der Waals surface area contributed by atoms with E-state index in [1.165, 1.54) is 19.2 Å². The average molecular weight is 452 g/mol. The normalized spacial score (nSPS) is 18.4. The number of sulfonamides is 1. The number of nitrogens with one attached hydrogen (secondary N) is 2. The molecule has 1 aromatic rings. The van der Waals surface area contributed by atoms with Crippen molar-refractivity contribution in [2.75, 3.05) is 20.2 Å². The minimum absolute atomic E-state index is 0.0149. The number of amides is 2. The maximum Gasteiger partial charge on any atom is 0.253 e. The van der Waals surface area contributed by atoms with Gasteiger partial charge in [0.2, 0.25) is 15.9 Å². The maximum absolute atomic E-state index is 13.0. The summed E-state index contributed by atoms with van der Waals surface area (Å²) in [5.41, 5.74) is 0.303. The van der Waals surface area contributed by atoms with Gasteiger partial charge in [-0.1, -0.05) is 12.8 Å². The van der Waals surface area contributed by atoms with Crippen molar-refractivity contribution in [1.29, 1.82) is 0 Å². The van der Waals surface area contributed by atoms with E-state index in [4.69, 9.17) is 4.74 Å². The number of methoxy groups -OCH3 is 1. The molecule has 2 amide bonds. The Hall–Kier alpha value is -2.13. The molecule has 1 saturated heterocycles. The van der Waals surface area contributed by atoms with Gasteiger partial charge in [0.05, 0.1) is 7.11 Å². The fourth-order valence-corrected chi connectivity index (χ4v) is 5.78. The molecule has 2 fully saturated rings. The highest BCUT2D eigenvalue weighted by molar-refractivity contribution is 7.89. The van der Waals surface area contributed by atoms with E-state index >= 15 is 0 Å². The number of likely N-dealkylation sites (tertiary alicyclic amines) is 1. The van der Waals surface area contributed by atoms with E-state index in [9.17, 15) is 18.0 Å². The molecule has 1 aromatic carbocycles. The summed E-state index contributed by atoms with van der Waals surface area (Å²) in [6.07, 6.45) is 4.84. The van der Waals surface area contributed by atoms with Gasteiger partial charge in [-0.15, -0.1) is 0 Å². The van der Waals surface area contributed by atoms with Crippen LogP contribution < -0.4 is 14.8 Å². The summed E-state index contributed by atoms with van der Waals surface area (Å²) in [7, 11) is -2.39. The molecule has 2 aliphatic rings. The lowest BCUT2D eigenvalue weighted by Crippen LogP contribution is -2.44. The van der Waals surface area contributed by atoms with Crippen LogP contribution in [0.4, 0.5) is 0 Å². The van der Waals surface area contributed by atoms with Crippen molar-refractivity contribution in [3.8, 4) is 5.75 Å². The van der Waals surface area contributed by atoms with E-state index in [2.05, 4.69) is 10.0 Å². The Morgan fingerprint density at radius 2 is 1.74 bits per heavy atom. The van der Waals surface area contributed by atoms with E-state index in [0.717, 1.165) is 25.7 Å². The highest BCUT2D eigenvalue weighted by atomic mass is 32.2. The van der Waals surface area contributed by atoms with Crippen LogP contribution in [0, 0.1) is 5.92 Å². The van der Waals surface area contributed by atoms with Gasteiger partial charge in [-0.25, -0.2) is 13.1 Å². The summed E-state index contributed by atoms with van der Waals surface area (Å²) in [4.78, 5) is 26.9. The molecule has 31 heavy (non-hydrogen) atoms. The SMILES string of the molecule is COc1ccc(C(=O)N2CCC(C(=O)NC(C)C)CC2)cc1S(=O)(=O)NC1CCCC1. The lowest BCUT2D eigenvalue weighted by molar-refractivity contribution is -0.126. The van der Waals surface area contributed by atoms with Crippen LogP contribution in [-0.4, -0.2) is 57.4 Å². The van der Waals surface area contributed by atoms with E-state index < -0.39 is 10.0 Å². The number of rotatable bonds is 7. The van der Waals surface area contributed by atoms with Gasteiger partial charge in [-0.2, -0.15) is 0 Å². The number of ether oxygens (including phenoxy) is 1. The lowest BCUT2D eigenvalue weighted by atomic mass is 9.95. The van der Waals surface area contributed by atoms with Gasteiger partial charge in [0, 0.05) is 36.7 Å². The molecule has 172 valence electrons. The zero-order valence-corrected chi connectivity index (χ0v) is 19.3. The zero-order valence-electron chi connectivity index (χ0n) is 18.5. The molecule has 1 aliphatic heterocycles. The second-order valence-corrected chi connectivity index (χ2v) is 10.4. The fourth-order valence-electron chi connectivity index (χ4n) is 4.28. The van der Waals surface area contributed by atoms with Crippen LogP contribution in [0.3, 0.4) is 0 Å². The van der Waals surface area contributed by atoms with E-state index in [1.54, 1.807) is 11.0 Å². The molecule has 0 spiro atoms. The topological polar surface area (TPSA) is 105 Å². The third-order valence-electron chi connectivity index (χ3n) is 5.96. The van der Waals surface area contributed by atoms with E-state index in [-0.39, 0.29) is 40.5 Å². The van der Waals surface area contributed by atoms with Crippen molar-refractivity contribution in [2.45, 2.75) is 69.4 Å². The molecule has 2 N–H and O–H groups in total. The number of benzene rings is 1. The van der Waals surface area contributed by atoms with Crippen molar-refractivity contribution in [3.63, 3.8) is 0 Å². The monoisotopic (exact) mass is 451 g/mol. The summed E-state index contributed by atoms with van der Waals surface area (Å²) in [6.45, 7) is 4.77. The smallest absolute Gasteiger partial charge is 0.253 e. The molecule has 0 unspecified atom stereocenters. The molecule has 0 radical (unpaired) electrons. The predicted molar refractivity (Wildman–Crippen MR) is 117 cm³/mol. The second-order valence-electron chi connectivity index (χ2n) is 8.70. The minimum atomic E-state index is -3.80. The Morgan fingerprint density at radius 1 is 1.10 bits per heavy atom. The van der Waals surface area contributed by atoms with Crippen molar-refractivity contribution >= 4 is 21.8 Å². The number of hydrogen-bond donors (Lipinski definition) is 2. The van der Waals surface area contributed by atoms with Crippen LogP contribution in [0.2, 0.25) is 0 Å². The van der Waals surface area contributed by atoms with Crippen LogP contribution in [0.5, 0.6) is 5.75 Å². The summed E-state index contributed by atoms with van der Waals surface area (Å²) < 4.78 is 33.9. The van der Waals surface area contributed by atoms with Crippen LogP contribution in [0.25, 0.3) is 0 Å².